The highest BCUT2D eigenvalue weighted by Crippen LogP contribution is 2.21. The fourth-order valence-corrected chi connectivity index (χ4v) is 2.57. The molecule has 5 heteroatoms. The van der Waals surface area contributed by atoms with Gasteiger partial charge in [-0.3, -0.25) is 9.80 Å². The van der Waals surface area contributed by atoms with Gasteiger partial charge in [0.1, 0.15) is 5.76 Å². The maximum atomic E-state index is 5.91. The molecule has 1 atom stereocenters. The van der Waals surface area contributed by atoms with Gasteiger partial charge in [-0.15, -0.1) is 0 Å². The number of likely N-dealkylation sites (N-methyl/N-ethyl adjacent to an activating group) is 1. The van der Waals surface area contributed by atoms with Crippen molar-refractivity contribution in [2.75, 3.05) is 59.9 Å². The van der Waals surface area contributed by atoms with E-state index in [1.807, 2.05) is 12.1 Å². The highest BCUT2D eigenvalue weighted by Gasteiger charge is 2.25. The monoisotopic (exact) mass is 266 g/mol. The zero-order valence-corrected chi connectivity index (χ0v) is 12.1. The Morgan fingerprint density at radius 1 is 1.32 bits per heavy atom. The maximum absolute atomic E-state index is 5.91. The zero-order valence-electron chi connectivity index (χ0n) is 12.1. The maximum Gasteiger partial charge on any atom is 0.122 e. The number of piperazine rings is 1. The summed E-state index contributed by atoms with van der Waals surface area (Å²) in [6.45, 7) is 7.25. The van der Waals surface area contributed by atoms with Crippen molar-refractivity contribution in [1.82, 2.24) is 14.7 Å². The van der Waals surface area contributed by atoms with Gasteiger partial charge < -0.3 is 15.1 Å². The number of hydrogen-bond donors (Lipinski definition) is 1. The first-order chi connectivity index (χ1) is 9.20. The molecular formula is C14H26N4O. The molecule has 108 valence electrons. The molecule has 2 N–H and O–H groups in total. The number of hydrogen-bond acceptors (Lipinski definition) is 5. The van der Waals surface area contributed by atoms with Crippen LogP contribution in [0.5, 0.6) is 0 Å². The average Bonchev–Trinajstić information content (AvgIpc) is 2.92. The van der Waals surface area contributed by atoms with Crippen LogP contribution >= 0.6 is 0 Å². The van der Waals surface area contributed by atoms with Gasteiger partial charge in [0.25, 0.3) is 0 Å². The molecule has 0 amide bonds. The standard InChI is InChI=1S/C14H26N4O/c1-16(2)5-6-17-7-9-18(10-8-17)13(12-15)14-4-3-11-19-14/h3-4,11,13H,5-10,12,15H2,1-2H3. The van der Waals surface area contributed by atoms with E-state index in [1.54, 1.807) is 6.26 Å². The fourth-order valence-electron chi connectivity index (χ4n) is 2.57. The van der Waals surface area contributed by atoms with E-state index < -0.39 is 0 Å². The van der Waals surface area contributed by atoms with Crippen molar-refractivity contribution in [3.63, 3.8) is 0 Å². The third-order valence-corrected chi connectivity index (χ3v) is 3.81. The highest BCUT2D eigenvalue weighted by atomic mass is 16.3. The third kappa shape index (κ3) is 4.04. The van der Waals surface area contributed by atoms with Crippen molar-refractivity contribution >= 4 is 0 Å². The van der Waals surface area contributed by atoms with Gasteiger partial charge in [-0.25, -0.2) is 0 Å². The van der Waals surface area contributed by atoms with Crippen molar-refractivity contribution < 1.29 is 4.42 Å². The normalized spacial score (nSPS) is 20.0. The number of nitrogens with zero attached hydrogens (tertiary/aromatic N) is 3. The van der Waals surface area contributed by atoms with Crippen molar-refractivity contribution in [3.8, 4) is 0 Å². The predicted octanol–water partition coefficient (Wildman–Crippen LogP) is 0.459. The highest BCUT2D eigenvalue weighted by molar-refractivity contribution is 5.05. The molecule has 0 spiro atoms. The molecule has 0 radical (unpaired) electrons. The molecule has 2 heterocycles. The summed E-state index contributed by atoms with van der Waals surface area (Å²) in [5.41, 5.74) is 5.91. The molecular weight excluding hydrogens is 240 g/mol. The molecule has 1 unspecified atom stereocenters. The van der Waals surface area contributed by atoms with Crippen molar-refractivity contribution in [1.29, 1.82) is 0 Å². The van der Waals surface area contributed by atoms with E-state index >= 15 is 0 Å². The molecule has 2 rings (SSSR count). The number of nitrogens with two attached hydrogens (primary N) is 1. The molecule has 0 aliphatic carbocycles. The van der Waals surface area contributed by atoms with Crippen LogP contribution in [-0.4, -0.2) is 74.6 Å². The van der Waals surface area contributed by atoms with E-state index in [0.717, 1.165) is 45.0 Å². The Balaban J connectivity index is 1.82. The molecule has 0 saturated carbocycles. The second-order valence-corrected chi connectivity index (χ2v) is 5.45. The first-order valence-electron chi connectivity index (χ1n) is 7.05. The lowest BCUT2D eigenvalue weighted by Gasteiger charge is -2.38. The Morgan fingerprint density at radius 3 is 2.58 bits per heavy atom. The first-order valence-corrected chi connectivity index (χ1v) is 7.05. The largest absolute Gasteiger partial charge is 0.468 e. The second kappa shape index (κ2) is 7.05. The summed E-state index contributed by atoms with van der Waals surface area (Å²) in [7, 11) is 4.25. The Kier molecular flexibility index (Phi) is 5.39. The lowest BCUT2D eigenvalue weighted by molar-refractivity contribution is 0.0857. The van der Waals surface area contributed by atoms with E-state index in [9.17, 15) is 0 Å². The molecule has 1 aliphatic rings. The topological polar surface area (TPSA) is 48.9 Å². The minimum absolute atomic E-state index is 0.228. The Bertz CT molecular complexity index is 344. The molecule has 0 aromatic carbocycles. The van der Waals surface area contributed by atoms with Crippen LogP contribution in [0.2, 0.25) is 0 Å². The second-order valence-electron chi connectivity index (χ2n) is 5.45. The molecule has 1 fully saturated rings. The number of rotatable bonds is 6. The summed E-state index contributed by atoms with van der Waals surface area (Å²) in [6, 6.07) is 4.19. The Labute approximate surface area is 115 Å². The molecule has 0 bridgehead atoms. The Hall–Kier alpha value is -0.880. The zero-order chi connectivity index (χ0) is 13.7. The van der Waals surface area contributed by atoms with Crippen LogP contribution in [0.4, 0.5) is 0 Å². The molecule has 1 saturated heterocycles. The van der Waals surface area contributed by atoms with Gasteiger partial charge >= 0.3 is 0 Å². The summed E-state index contributed by atoms with van der Waals surface area (Å²) >= 11 is 0. The molecule has 1 aromatic rings. The Morgan fingerprint density at radius 2 is 2.05 bits per heavy atom. The van der Waals surface area contributed by atoms with Crippen LogP contribution in [0.15, 0.2) is 22.8 Å². The van der Waals surface area contributed by atoms with E-state index in [4.69, 9.17) is 10.2 Å². The quantitative estimate of drug-likeness (QED) is 0.810. The van der Waals surface area contributed by atoms with Crippen LogP contribution in [0.1, 0.15) is 11.8 Å². The van der Waals surface area contributed by atoms with Crippen LogP contribution in [0, 0.1) is 0 Å². The van der Waals surface area contributed by atoms with E-state index in [0.29, 0.717) is 6.54 Å². The van der Waals surface area contributed by atoms with Crippen molar-refractivity contribution in [2.45, 2.75) is 6.04 Å². The summed E-state index contributed by atoms with van der Waals surface area (Å²) in [5, 5.41) is 0. The lowest BCUT2D eigenvalue weighted by atomic mass is 10.1. The fraction of sp³-hybridized carbons (Fsp3) is 0.714. The summed E-state index contributed by atoms with van der Waals surface area (Å²) in [6.07, 6.45) is 1.73. The van der Waals surface area contributed by atoms with Gasteiger partial charge in [-0.1, -0.05) is 0 Å². The lowest BCUT2D eigenvalue weighted by Crippen LogP contribution is -2.50. The molecule has 1 aliphatic heterocycles. The van der Waals surface area contributed by atoms with E-state index in [2.05, 4.69) is 28.8 Å². The minimum Gasteiger partial charge on any atom is -0.468 e. The van der Waals surface area contributed by atoms with Crippen molar-refractivity contribution in [3.05, 3.63) is 24.2 Å². The van der Waals surface area contributed by atoms with E-state index in [-0.39, 0.29) is 6.04 Å². The van der Waals surface area contributed by atoms with Crippen LogP contribution in [0.3, 0.4) is 0 Å². The van der Waals surface area contributed by atoms with Crippen molar-refractivity contribution in [2.24, 2.45) is 5.73 Å². The van der Waals surface area contributed by atoms with Crippen LogP contribution in [-0.2, 0) is 0 Å². The predicted molar refractivity (Wildman–Crippen MR) is 77.1 cm³/mol. The molecule has 19 heavy (non-hydrogen) atoms. The van der Waals surface area contributed by atoms with Gasteiger partial charge in [0.15, 0.2) is 0 Å². The summed E-state index contributed by atoms with van der Waals surface area (Å²) < 4.78 is 5.50. The van der Waals surface area contributed by atoms with Gasteiger partial charge in [0, 0.05) is 45.8 Å². The summed E-state index contributed by atoms with van der Waals surface area (Å²) in [5.74, 6) is 0.990. The van der Waals surface area contributed by atoms with Crippen LogP contribution in [0.25, 0.3) is 0 Å². The van der Waals surface area contributed by atoms with Crippen LogP contribution < -0.4 is 5.73 Å². The third-order valence-electron chi connectivity index (χ3n) is 3.81. The van der Waals surface area contributed by atoms with Gasteiger partial charge in [-0.2, -0.15) is 0 Å². The minimum atomic E-state index is 0.228. The van der Waals surface area contributed by atoms with Gasteiger partial charge in [-0.05, 0) is 26.2 Å². The molecule has 1 aromatic heterocycles. The van der Waals surface area contributed by atoms with Gasteiger partial charge in [0.05, 0.1) is 12.3 Å². The number of furan rings is 1. The van der Waals surface area contributed by atoms with E-state index in [1.165, 1.54) is 0 Å². The smallest absolute Gasteiger partial charge is 0.122 e. The summed E-state index contributed by atoms with van der Waals surface area (Å²) in [4.78, 5) is 7.19. The molecule has 5 nitrogen and oxygen atoms in total. The SMILES string of the molecule is CN(C)CCN1CCN(C(CN)c2ccco2)CC1. The first kappa shape index (κ1) is 14.5. The van der Waals surface area contributed by atoms with Gasteiger partial charge in [0.2, 0.25) is 0 Å². The average molecular weight is 266 g/mol.